The molecular weight excluding hydrogens is 236 g/mol. The molecule has 17 heavy (non-hydrogen) atoms. The molecule has 0 atom stereocenters. The summed E-state index contributed by atoms with van der Waals surface area (Å²) in [5, 5.41) is 2.74. The molecule has 4 heteroatoms. The molecule has 1 aromatic carbocycles. The number of carbonyl (C=O) groups excluding carboxylic acids is 1. The Morgan fingerprint density at radius 2 is 1.76 bits per heavy atom. The Morgan fingerprint density at radius 1 is 1.24 bits per heavy atom. The zero-order valence-corrected chi connectivity index (χ0v) is 11.4. The predicted octanol–water partition coefficient (Wildman–Crippen LogP) is 2.09. The molecule has 3 N–H and O–H groups in total. The largest absolute Gasteiger partial charge is 0.351 e. The third-order valence-electron chi connectivity index (χ3n) is 2.44. The molecule has 0 saturated heterocycles. The summed E-state index contributed by atoms with van der Waals surface area (Å²) in [4.78, 5) is 11.6. The fourth-order valence-corrected chi connectivity index (χ4v) is 1.41. The first-order chi connectivity index (χ1) is 7.45. The third-order valence-corrected chi connectivity index (χ3v) is 2.44. The van der Waals surface area contributed by atoms with Crippen molar-refractivity contribution in [3.05, 3.63) is 35.4 Å². The SMILES string of the molecule is CC(C)(C)c1ccc(C(=O)NCCN)cc1.Cl. The van der Waals surface area contributed by atoms with E-state index in [-0.39, 0.29) is 23.7 Å². The summed E-state index contributed by atoms with van der Waals surface area (Å²) in [7, 11) is 0. The minimum absolute atomic E-state index is 0. The normalized spacial score (nSPS) is 10.6. The van der Waals surface area contributed by atoms with Gasteiger partial charge in [-0.15, -0.1) is 12.4 Å². The number of halogens is 1. The van der Waals surface area contributed by atoms with E-state index in [2.05, 4.69) is 26.1 Å². The zero-order chi connectivity index (χ0) is 12.2. The van der Waals surface area contributed by atoms with Crippen molar-refractivity contribution in [3.63, 3.8) is 0 Å². The Morgan fingerprint density at radius 3 is 2.18 bits per heavy atom. The average Bonchev–Trinajstić information content (AvgIpc) is 2.25. The number of hydrogen-bond acceptors (Lipinski definition) is 2. The zero-order valence-electron chi connectivity index (χ0n) is 10.6. The van der Waals surface area contributed by atoms with Crippen molar-refractivity contribution in [2.24, 2.45) is 5.73 Å². The predicted molar refractivity (Wildman–Crippen MR) is 73.8 cm³/mol. The highest BCUT2D eigenvalue weighted by Crippen LogP contribution is 2.22. The molecule has 0 radical (unpaired) electrons. The summed E-state index contributed by atoms with van der Waals surface area (Å²) in [5.41, 5.74) is 7.35. The van der Waals surface area contributed by atoms with Crippen LogP contribution in [0.25, 0.3) is 0 Å². The van der Waals surface area contributed by atoms with Crippen LogP contribution < -0.4 is 11.1 Å². The van der Waals surface area contributed by atoms with Gasteiger partial charge < -0.3 is 11.1 Å². The Kier molecular flexibility index (Phi) is 6.21. The Bertz CT molecular complexity index is 355. The van der Waals surface area contributed by atoms with Crippen LogP contribution in [0.4, 0.5) is 0 Å². The second kappa shape index (κ2) is 6.62. The second-order valence-corrected chi connectivity index (χ2v) is 4.87. The number of amides is 1. The first-order valence-electron chi connectivity index (χ1n) is 5.54. The van der Waals surface area contributed by atoms with Gasteiger partial charge in [0.25, 0.3) is 5.91 Å². The molecule has 0 aliphatic carbocycles. The fraction of sp³-hybridized carbons (Fsp3) is 0.462. The number of rotatable bonds is 3. The van der Waals surface area contributed by atoms with Crippen LogP contribution in [0.1, 0.15) is 36.7 Å². The van der Waals surface area contributed by atoms with E-state index in [1.807, 2.05) is 24.3 Å². The highest BCUT2D eigenvalue weighted by molar-refractivity contribution is 5.94. The highest BCUT2D eigenvalue weighted by Gasteiger charge is 2.13. The van der Waals surface area contributed by atoms with E-state index >= 15 is 0 Å². The Labute approximate surface area is 109 Å². The fourth-order valence-electron chi connectivity index (χ4n) is 1.41. The lowest BCUT2D eigenvalue weighted by Crippen LogP contribution is -2.29. The van der Waals surface area contributed by atoms with Crippen molar-refractivity contribution in [1.82, 2.24) is 5.32 Å². The number of hydrogen-bond donors (Lipinski definition) is 2. The Balaban J connectivity index is 0.00000256. The first-order valence-corrected chi connectivity index (χ1v) is 5.54. The molecule has 0 spiro atoms. The maximum Gasteiger partial charge on any atom is 0.251 e. The van der Waals surface area contributed by atoms with Gasteiger partial charge in [-0.1, -0.05) is 32.9 Å². The van der Waals surface area contributed by atoms with E-state index in [0.717, 1.165) is 0 Å². The van der Waals surface area contributed by atoms with Gasteiger partial charge in [-0.25, -0.2) is 0 Å². The van der Waals surface area contributed by atoms with Crippen LogP contribution in [0.2, 0.25) is 0 Å². The summed E-state index contributed by atoms with van der Waals surface area (Å²) in [6.45, 7) is 7.43. The number of carbonyl (C=O) groups is 1. The van der Waals surface area contributed by atoms with Gasteiger partial charge in [-0.2, -0.15) is 0 Å². The van der Waals surface area contributed by atoms with E-state index in [1.54, 1.807) is 0 Å². The summed E-state index contributed by atoms with van der Waals surface area (Å²) in [6, 6.07) is 7.70. The molecule has 0 bridgehead atoms. The molecule has 0 saturated carbocycles. The second-order valence-electron chi connectivity index (χ2n) is 4.87. The van der Waals surface area contributed by atoms with Crippen LogP contribution in [0.15, 0.2) is 24.3 Å². The van der Waals surface area contributed by atoms with Crippen LogP contribution >= 0.6 is 12.4 Å². The standard InChI is InChI=1S/C13H20N2O.ClH/c1-13(2,3)11-6-4-10(5-7-11)12(16)15-9-8-14;/h4-7H,8-9,14H2,1-3H3,(H,15,16);1H. The topological polar surface area (TPSA) is 55.1 Å². The third kappa shape index (κ3) is 4.75. The summed E-state index contributed by atoms with van der Waals surface area (Å²) in [5.74, 6) is -0.0640. The lowest BCUT2D eigenvalue weighted by Gasteiger charge is -2.19. The van der Waals surface area contributed by atoms with E-state index in [4.69, 9.17) is 5.73 Å². The van der Waals surface area contributed by atoms with Crippen molar-refractivity contribution in [1.29, 1.82) is 0 Å². The molecule has 0 aliphatic heterocycles. The molecule has 1 aromatic rings. The molecule has 0 heterocycles. The monoisotopic (exact) mass is 256 g/mol. The summed E-state index contributed by atoms with van der Waals surface area (Å²) >= 11 is 0. The van der Waals surface area contributed by atoms with Gasteiger partial charge in [0, 0.05) is 18.7 Å². The first kappa shape index (κ1) is 15.9. The van der Waals surface area contributed by atoms with Crippen LogP contribution in [0.5, 0.6) is 0 Å². The molecular formula is C13H21ClN2O. The minimum Gasteiger partial charge on any atom is -0.351 e. The van der Waals surface area contributed by atoms with Gasteiger partial charge in [0.15, 0.2) is 0 Å². The van der Waals surface area contributed by atoms with E-state index in [1.165, 1.54) is 5.56 Å². The van der Waals surface area contributed by atoms with E-state index in [9.17, 15) is 4.79 Å². The summed E-state index contributed by atoms with van der Waals surface area (Å²) < 4.78 is 0. The number of nitrogens with one attached hydrogen (secondary N) is 1. The maximum atomic E-state index is 11.6. The van der Waals surface area contributed by atoms with Crippen LogP contribution in [0.3, 0.4) is 0 Å². The quantitative estimate of drug-likeness (QED) is 0.870. The van der Waals surface area contributed by atoms with Crippen LogP contribution in [-0.4, -0.2) is 19.0 Å². The Hall–Kier alpha value is -1.06. The molecule has 0 fully saturated rings. The lowest BCUT2D eigenvalue weighted by molar-refractivity contribution is 0.0954. The van der Waals surface area contributed by atoms with E-state index < -0.39 is 0 Å². The van der Waals surface area contributed by atoms with Gasteiger partial charge in [-0.05, 0) is 23.1 Å². The molecule has 1 rings (SSSR count). The average molecular weight is 257 g/mol. The molecule has 3 nitrogen and oxygen atoms in total. The van der Waals surface area contributed by atoms with Gasteiger partial charge >= 0.3 is 0 Å². The van der Waals surface area contributed by atoms with E-state index in [0.29, 0.717) is 18.7 Å². The van der Waals surface area contributed by atoms with Gasteiger partial charge in [0.05, 0.1) is 0 Å². The van der Waals surface area contributed by atoms with Crippen molar-refractivity contribution in [2.75, 3.05) is 13.1 Å². The molecule has 0 unspecified atom stereocenters. The molecule has 1 amide bonds. The van der Waals surface area contributed by atoms with Crippen LogP contribution in [-0.2, 0) is 5.41 Å². The maximum absolute atomic E-state index is 11.6. The molecule has 0 aliphatic rings. The molecule has 0 aromatic heterocycles. The van der Waals surface area contributed by atoms with Crippen molar-refractivity contribution >= 4 is 18.3 Å². The smallest absolute Gasteiger partial charge is 0.251 e. The van der Waals surface area contributed by atoms with Crippen LogP contribution in [0, 0.1) is 0 Å². The van der Waals surface area contributed by atoms with Gasteiger partial charge in [0.1, 0.15) is 0 Å². The van der Waals surface area contributed by atoms with Crippen molar-refractivity contribution in [2.45, 2.75) is 26.2 Å². The lowest BCUT2D eigenvalue weighted by atomic mass is 9.87. The molecule has 96 valence electrons. The van der Waals surface area contributed by atoms with Crippen molar-refractivity contribution in [3.8, 4) is 0 Å². The van der Waals surface area contributed by atoms with Gasteiger partial charge in [0.2, 0.25) is 0 Å². The summed E-state index contributed by atoms with van der Waals surface area (Å²) in [6.07, 6.45) is 0. The van der Waals surface area contributed by atoms with Crippen molar-refractivity contribution < 1.29 is 4.79 Å². The number of benzene rings is 1. The highest BCUT2D eigenvalue weighted by atomic mass is 35.5. The number of nitrogens with two attached hydrogens (primary N) is 1. The minimum atomic E-state index is -0.0640. The van der Waals surface area contributed by atoms with Gasteiger partial charge in [-0.3, -0.25) is 4.79 Å².